The highest BCUT2D eigenvalue weighted by atomic mass is 16.5. The summed E-state index contributed by atoms with van der Waals surface area (Å²) >= 11 is 0. The maximum Gasteiger partial charge on any atom is 0.234 e. The van der Waals surface area contributed by atoms with Crippen molar-refractivity contribution in [2.24, 2.45) is 11.8 Å². The van der Waals surface area contributed by atoms with Gasteiger partial charge in [-0.05, 0) is 30.4 Å². The lowest BCUT2D eigenvalue weighted by atomic mass is 9.78. The van der Waals surface area contributed by atoms with Crippen molar-refractivity contribution in [1.82, 2.24) is 10.2 Å². The molecular weight excluding hydrogens is 326 g/mol. The van der Waals surface area contributed by atoms with Crippen LogP contribution in [0.4, 0.5) is 5.69 Å². The third kappa shape index (κ3) is 4.50. The fraction of sp³-hybridized carbons (Fsp3) is 0.667. The van der Waals surface area contributed by atoms with Crippen molar-refractivity contribution in [3.8, 4) is 5.75 Å². The molecule has 0 aromatic heterocycles. The molecule has 144 valence electrons. The molecule has 5 nitrogen and oxygen atoms in total. The van der Waals surface area contributed by atoms with Crippen molar-refractivity contribution < 1.29 is 9.53 Å². The molecule has 1 aromatic rings. The molecule has 1 aliphatic carbocycles. The first-order valence-electron chi connectivity index (χ1n) is 9.98. The quantitative estimate of drug-likeness (QED) is 0.878. The smallest absolute Gasteiger partial charge is 0.234 e. The molecule has 1 heterocycles. The number of methoxy groups -OCH3 is 1. The summed E-state index contributed by atoms with van der Waals surface area (Å²) in [7, 11) is 1.71. The molecule has 1 aromatic carbocycles. The van der Waals surface area contributed by atoms with E-state index >= 15 is 0 Å². The number of hydrogen-bond acceptors (Lipinski definition) is 4. The van der Waals surface area contributed by atoms with Gasteiger partial charge in [-0.1, -0.05) is 38.8 Å². The zero-order chi connectivity index (χ0) is 18.5. The van der Waals surface area contributed by atoms with E-state index in [1.807, 2.05) is 18.2 Å². The molecule has 3 atom stereocenters. The number of amides is 1. The van der Waals surface area contributed by atoms with E-state index in [1.54, 1.807) is 7.11 Å². The molecule has 5 heteroatoms. The highest BCUT2D eigenvalue weighted by Gasteiger charge is 2.29. The summed E-state index contributed by atoms with van der Waals surface area (Å²) in [6, 6.07) is 8.50. The van der Waals surface area contributed by atoms with Crippen LogP contribution in [0, 0.1) is 11.8 Å². The van der Waals surface area contributed by atoms with Crippen LogP contribution in [0.2, 0.25) is 0 Å². The molecule has 0 radical (unpaired) electrons. The molecule has 2 fully saturated rings. The van der Waals surface area contributed by atoms with Gasteiger partial charge in [0.2, 0.25) is 5.91 Å². The molecule has 0 unspecified atom stereocenters. The van der Waals surface area contributed by atoms with Gasteiger partial charge in [-0.25, -0.2) is 0 Å². The SMILES string of the molecule is COc1ccccc1N1CCN(CC(=O)N[C@@H]2CCC[C@@H](C)[C@H]2C)CC1. The first kappa shape index (κ1) is 19.0. The largest absolute Gasteiger partial charge is 0.495 e. The van der Waals surface area contributed by atoms with Crippen LogP contribution >= 0.6 is 0 Å². The number of nitrogens with zero attached hydrogens (tertiary/aromatic N) is 2. The zero-order valence-electron chi connectivity index (χ0n) is 16.4. The lowest BCUT2D eigenvalue weighted by Gasteiger charge is -2.37. The summed E-state index contributed by atoms with van der Waals surface area (Å²) in [5.41, 5.74) is 1.14. The van der Waals surface area contributed by atoms with Gasteiger partial charge < -0.3 is 15.0 Å². The normalized spacial score (nSPS) is 27.2. The second-order valence-corrected chi connectivity index (χ2v) is 7.88. The molecule has 0 spiro atoms. The number of ether oxygens (including phenoxy) is 1. The van der Waals surface area contributed by atoms with Crippen LogP contribution in [0.25, 0.3) is 0 Å². The standard InChI is InChI=1S/C21H33N3O2/c1-16-7-6-8-18(17(16)2)22-21(25)15-23-11-13-24(14-12-23)19-9-4-5-10-20(19)26-3/h4-5,9-10,16-18H,6-8,11-15H2,1-3H3,(H,22,25)/t16-,17-,18-/m1/s1. The number of anilines is 1. The van der Waals surface area contributed by atoms with Crippen LogP contribution in [-0.4, -0.2) is 56.7 Å². The average molecular weight is 360 g/mol. The topological polar surface area (TPSA) is 44.8 Å². The predicted octanol–water partition coefficient (Wildman–Crippen LogP) is 2.76. The molecule has 26 heavy (non-hydrogen) atoms. The van der Waals surface area contributed by atoms with E-state index in [0.29, 0.717) is 24.4 Å². The van der Waals surface area contributed by atoms with Crippen molar-refractivity contribution in [2.45, 2.75) is 39.2 Å². The number of piperazine rings is 1. The summed E-state index contributed by atoms with van der Waals surface area (Å²) < 4.78 is 5.47. The van der Waals surface area contributed by atoms with Crippen LogP contribution in [0.15, 0.2) is 24.3 Å². The zero-order valence-corrected chi connectivity index (χ0v) is 16.4. The second-order valence-electron chi connectivity index (χ2n) is 7.88. The van der Waals surface area contributed by atoms with E-state index < -0.39 is 0 Å². The fourth-order valence-corrected chi connectivity index (χ4v) is 4.28. The number of carbonyl (C=O) groups is 1. The Balaban J connectivity index is 1.47. The Kier molecular flexibility index (Phi) is 6.41. The van der Waals surface area contributed by atoms with E-state index in [2.05, 4.69) is 35.0 Å². The van der Waals surface area contributed by atoms with E-state index in [9.17, 15) is 4.79 Å². The molecule has 1 aliphatic heterocycles. The van der Waals surface area contributed by atoms with Gasteiger partial charge >= 0.3 is 0 Å². The first-order valence-corrected chi connectivity index (χ1v) is 9.98. The van der Waals surface area contributed by atoms with Crippen molar-refractivity contribution in [3.05, 3.63) is 24.3 Å². The highest BCUT2D eigenvalue weighted by molar-refractivity contribution is 5.78. The van der Waals surface area contributed by atoms with E-state index in [0.717, 1.165) is 44.0 Å². The minimum atomic E-state index is 0.182. The maximum absolute atomic E-state index is 12.5. The number of hydrogen-bond donors (Lipinski definition) is 1. The molecule has 0 bridgehead atoms. The summed E-state index contributed by atoms with van der Waals surface area (Å²) in [4.78, 5) is 17.1. The third-order valence-corrected chi connectivity index (χ3v) is 6.22. The van der Waals surface area contributed by atoms with Gasteiger partial charge in [0.1, 0.15) is 5.75 Å². The first-order chi connectivity index (χ1) is 12.6. The molecule has 1 amide bonds. The fourth-order valence-electron chi connectivity index (χ4n) is 4.28. The second kappa shape index (κ2) is 8.76. The van der Waals surface area contributed by atoms with Gasteiger partial charge in [-0.3, -0.25) is 9.69 Å². The van der Waals surface area contributed by atoms with Crippen molar-refractivity contribution in [1.29, 1.82) is 0 Å². The molecule has 1 saturated carbocycles. The van der Waals surface area contributed by atoms with Crippen LogP contribution in [-0.2, 0) is 4.79 Å². The molecular formula is C21H33N3O2. The Morgan fingerprint density at radius 3 is 2.62 bits per heavy atom. The molecule has 2 aliphatic rings. The van der Waals surface area contributed by atoms with Gasteiger partial charge in [0, 0.05) is 32.2 Å². The Morgan fingerprint density at radius 2 is 1.88 bits per heavy atom. The summed E-state index contributed by atoms with van der Waals surface area (Å²) in [6.07, 6.45) is 3.64. The van der Waals surface area contributed by atoms with Crippen molar-refractivity contribution >= 4 is 11.6 Å². The monoisotopic (exact) mass is 359 g/mol. The minimum Gasteiger partial charge on any atom is -0.495 e. The van der Waals surface area contributed by atoms with Crippen LogP contribution in [0.3, 0.4) is 0 Å². The van der Waals surface area contributed by atoms with Gasteiger partial charge in [-0.2, -0.15) is 0 Å². The number of para-hydroxylation sites is 2. The Morgan fingerprint density at radius 1 is 1.15 bits per heavy atom. The summed E-state index contributed by atoms with van der Waals surface area (Å²) in [5, 5.41) is 3.29. The Labute approximate surface area is 157 Å². The molecule has 1 N–H and O–H groups in total. The predicted molar refractivity (Wildman–Crippen MR) is 106 cm³/mol. The van der Waals surface area contributed by atoms with Crippen LogP contribution in [0.1, 0.15) is 33.1 Å². The maximum atomic E-state index is 12.5. The van der Waals surface area contributed by atoms with E-state index in [1.165, 1.54) is 12.8 Å². The number of carbonyl (C=O) groups excluding carboxylic acids is 1. The Hall–Kier alpha value is -1.75. The Bertz CT molecular complexity index is 599. The lowest BCUT2D eigenvalue weighted by Crippen LogP contribution is -2.52. The number of nitrogens with one attached hydrogen (secondary N) is 1. The minimum absolute atomic E-state index is 0.182. The number of benzene rings is 1. The summed E-state index contributed by atoms with van der Waals surface area (Å²) in [6.45, 7) is 8.75. The molecule has 3 rings (SSSR count). The van der Waals surface area contributed by atoms with Gasteiger partial charge in [0.15, 0.2) is 0 Å². The molecule has 1 saturated heterocycles. The van der Waals surface area contributed by atoms with Gasteiger partial charge in [0.25, 0.3) is 0 Å². The van der Waals surface area contributed by atoms with Crippen LogP contribution < -0.4 is 15.0 Å². The summed E-state index contributed by atoms with van der Waals surface area (Å²) in [5.74, 6) is 2.38. The van der Waals surface area contributed by atoms with Crippen molar-refractivity contribution in [2.75, 3.05) is 44.7 Å². The van der Waals surface area contributed by atoms with Gasteiger partial charge in [0.05, 0.1) is 19.3 Å². The van der Waals surface area contributed by atoms with Crippen LogP contribution in [0.5, 0.6) is 5.75 Å². The average Bonchev–Trinajstić information content (AvgIpc) is 2.66. The van der Waals surface area contributed by atoms with Crippen molar-refractivity contribution in [3.63, 3.8) is 0 Å². The van der Waals surface area contributed by atoms with E-state index in [4.69, 9.17) is 4.74 Å². The van der Waals surface area contributed by atoms with E-state index in [-0.39, 0.29) is 5.91 Å². The third-order valence-electron chi connectivity index (χ3n) is 6.22. The lowest BCUT2D eigenvalue weighted by molar-refractivity contribution is -0.123. The van der Waals surface area contributed by atoms with Gasteiger partial charge in [-0.15, -0.1) is 0 Å². The highest BCUT2D eigenvalue weighted by Crippen LogP contribution is 2.30. The number of rotatable bonds is 5.